The van der Waals surface area contributed by atoms with Crippen molar-refractivity contribution in [2.45, 2.75) is 38.3 Å². The van der Waals surface area contributed by atoms with E-state index in [2.05, 4.69) is 5.32 Å². The number of rotatable bonds is 11. The highest BCUT2D eigenvalue weighted by molar-refractivity contribution is 7.92. The molecular weight excluding hydrogens is 526 g/mol. The van der Waals surface area contributed by atoms with Crippen molar-refractivity contribution in [1.82, 2.24) is 10.2 Å². The molecule has 3 aromatic rings. The van der Waals surface area contributed by atoms with Gasteiger partial charge in [-0.3, -0.25) is 13.9 Å². The number of likely N-dealkylation sites (N-methyl/N-ethyl adjacent to an activating group) is 1. The third-order valence-electron chi connectivity index (χ3n) is 6.08. The average Bonchev–Trinajstić information content (AvgIpc) is 2.92. The molecule has 0 unspecified atom stereocenters. The summed E-state index contributed by atoms with van der Waals surface area (Å²) in [6, 6.07) is 19.0. The summed E-state index contributed by atoms with van der Waals surface area (Å²) in [5, 5.41) is 3.07. The molecule has 0 aromatic heterocycles. The number of carbonyl (C=O) groups excluding carboxylic acids is 2. The quantitative estimate of drug-likeness (QED) is 0.377. The Hall–Kier alpha value is -3.56. The molecule has 0 heterocycles. The summed E-state index contributed by atoms with van der Waals surface area (Å²) in [4.78, 5) is 28.0. The van der Waals surface area contributed by atoms with Crippen molar-refractivity contribution < 1.29 is 22.7 Å². The van der Waals surface area contributed by atoms with Crippen LogP contribution in [-0.4, -0.2) is 51.4 Å². The SMILES string of the molecule is CCNC(=O)[C@H](C)N(Cc1ccc(OC)cc1)C(=O)CN(c1cc(Cl)ccc1C)S(=O)(=O)c1ccccc1. The van der Waals surface area contributed by atoms with Gasteiger partial charge in [0.1, 0.15) is 18.3 Å². The van der Waals surface area contributed by atoms with E-state index in [1.54, 1.807) is 82.5 Å². The van der Waals surface area contributed by atoms with Crippen LogP contribution in [0.15, 0.2) is 77.7 Å². The lowest BCUT2D eigenvalue weighted by Crippen LogP contribution is -2.51. The molecule has 1 N–H and O–H groups in total. The van der Waals surface area contributed by atoms with E-state index in [9.17, 15) is 18.0 Å². The zero-order valence-electron chi connectivity index (χ0n) is 21.8. The molecule has 38 heavy (non-hydrogen) atoms. The largest absolute Gasteiger partial charge is 0.497 e. The molecule has 8 nitrogen and oxygen atoms in total. The zero-order chi connectivity index (χ0) is 27.9. The molecule has 0 aliphatic heterocycles. The van der Waals surface area contributed by atoms with E-state index in [1.165, 1.54) is 23.1 Å². The van der Waals surface area contributed by atoms with Crippen LogP contribution in [0.5, 0.6) is 5.75 Å². The second-order valence-electron chi connectivity index (χ2n) is 8.70. The molecule has 0 aliphatic carbocycles. The molecule has 0 radical (unpaired) electrons. The molecule has 2 amide bonds. The lowest BCUT2D eigenvalue weighted by molar-refractivity contribution is -0.139. The fraction of sp³-hybridized carbons (Fsp3) is 0.286. The van der Waals surface area contributed by atoms with Crippen molar-refractivity contribution in [2.24, 2.45) is 0 Å². The minimum absolute atomic E-state index is 0.0330. The maximum atomic E-state index is 13.9. The van der Waals surface area contributed by atoms with E-state index in [4.69, 9.17) is 16.3 Å². The normalized spacial score (nSPS) is 11.9. The Bertz CT molecular complexity index is 1360. The van der Waals surface area contributed by atoms with E-state index >= 15 is 0 Å². The van der Waals surface area contributed by atoms with Gasteiger partial charge < -0.3 is 15.0 Å². The van der Waals surface area contributed by atoms with Crippen LogP contribution in [0, 0.1) is 6.92 Å². The van der Waals surface area contributed by atoms with Gasteiger partial charge >= 0.3 is 0 Å². The van der Waals surface area contributed by atoms with Crippen molar-refractivity contribution in [3.63, 3.8) is 0 Å². The fourth-order valence-corrected chi connectivity index (χ4v) is 5.57. The van der Waals surface area contributed by atoms with Crippen LogP contribution in [0.25, 0.3) is 0 Å². The van der Waals surface area contributed by atoms with Gasteiger partial charge in [0.2, 0.25) is 11.8 Å². The Morgan fingerprint density at radius 3 is 2.29 bits per heavy atom. The first-order chi connectivity index (χ1) is 18.1. The number of methoxy groups -OCH3 is 1. The van der Waals surface area contributed by atoms with Crippen LogP contribution >= 0.6 is 11.6 Å². The maximum absolute atomic E-state index is 13.9. The number of anilines is 1. The van der Waals surface area contributed by atoms with Crippen LogP contribution in [-0.2, 0) is 26.2 Å². The monoisotopic (exact) mass is 557 g/mol. The van der Waals surface area contributed by atoms with Crippen LogP contribution < -0.4 is 14.4 Å². The standard InChI is InChI=1S/C28H32ClN3O5S/c1-5-30-28(34)21(3)31(18-22-12-15-24(37-4)16-13-22)27(33)19-32(26-17-23(29)14-11-20(26)2)38(35,36)25-9-7-6-8-10-25/h6-17,21H,5,18-19H2,1-4H3,(H,30,34)/t21-/m0/s1. The first-order valence-electron chi connectivity index (χ1n) is 12.1. The molecule has 3 aromatic carbocycles. The smallest absolute Gasteiger partial charge is 0.264 e. The Labute approximate surface area is 229 Å². The van der Waals surface area contributed by atoms with E-state index < -0.39 is 28.5 Å². The first kappa shape index (κ1) is 29.0. The number of hydrogen-bond donors (Lipinski definition) is 1. The number of ether oxygens (including phenoxy) is 1. The second kappa shape index (κ2) is 12.8. The van der Waals surface area contributed by atoms with Gasteiger partial charge in [0, 0.05) is 18.1 Å². The molecule has 0 aliphatic rings. The molecule has 1 atom stereocenters. The molecule has 0 saturated carbocycles. The maximum Gasteiger partial charge on any atom is 0.264 e. The van der Waals surface area contributed by atoms with Crippen molar-refractivity contribution in [3.05, 3.63) is 88.9 Å². The van der Waals surface area contributed by atoms with Crippen LogP contribution in [0.2, 0.25) is 5.02 Å². The van der Waals surface area contributed by atoms with Crippen molar-refractivity contribution in [3.8, 4) is 5.75 Å². The Morgan fingerprint density at radius 1 is 1.03 bits per heavy atom. The minimum atomic E-state index is -4.15. The molecular formula is C28H32ClN3O5S. The summed E-state index contributed by atoms with van der Waals surface area (Å²) in [6.45, 7) is 5.11. The summed E-state index contributed by atoms with van der Waals surface area (Å²) in [5.74, 6) is -0.232. The third kappa shape index (κ3) is 6.85. The third-order valence-corrected chi connectivity index (χ3v) is 8.09. The number of benzene rings is 3. The molecule has 3 rings (SSSR count). The Kier molecular flexibility index (Phi) is 9.77. The van der Waals surface area contributed by atoms with Gasteiger partial charge in [-0.25, -0.2) is 8.42 Å². The predicted molar refractivity (Wildman–Crippen MR) is 149 cm³/mol. The Balaban J connectivity index is 2.05. The van der Waals surface area contributed by atoms with E-state index in [0.717, 1.165) is 9.87 Å². The number of nitrogens with one attached hydrogen (secondary N) is 1. The number of halogens is 1. The van der Waals surface area contributed by atoms with Crippen LogP contribution in [0.4, 0.5) is 5.69 Å². The lowest BCUT2D eigenvalue weighted by atomic mass is 10.1. The summed E-state index contributed by atoms with van der Waals surface area (Å²) in [5.41, 5.74) is 1.66. The summed E-state index contributed by atoms with van der Waals surface area (Å²) in [6.07, 6.45) is 0. The molecule has 0 saturated heterocycles. The van der Waals surface area contributed by atoms with Gasteiger partial charge in [-0.15, -0.1) is 0 Å². The second-order valence-corrected chi connectivity index (χ2v) is 11.0. The fourth-order valence-electron chi connectivity index (χ4n) is 3.92. The molecule has 202 valence electrons. The number of amides is 2. The first-order valence-corrected chi connectivity index (χ1v) is 13.9. The van der Waals surface area contributed by atoms with E-state index in [0.29, 0.717) is 22.9 Å². The average molecular weight is 558 g/mol. The van der Waals surface area contributed by atoms with Crippen molar-refractivity contribution in [1.29, 1.82) is 0 Å². The summed E-state index contributed by atoms with van der Waals surface area (Å²) >= 11 is 6.23. The summed E-state index contributed by atoms with van der Waals surface area (Å²) < 4.78 is 33.9. The van der Waals surface area contributed by atoms with Crippen LogP contribution in [0.3, 0.4) is 0 Å². The molecule has 10 heteroatoms. The number of nitrogens with zero attached hydrogens (tertiary/aromatic N) is 2. The molecule has 0 bridgehead atoms. The van der Waals surface area contributed by atoms with Crippen LogP contribution in [0.1, 0.15) is 25.0 Å². The van der Waals surface area contributed by atoms with Crippen molar-refractivity contribution >= 4 is 39.1 Å². The van der Waals surface area contributed by atoms with Gasteiger partial charge in [0.05, 0.1) is 17.7 Å². The van der Waals surface area contributed by atoms with Gasteiger partial charge in [0.15, 0.2) is 0 Å². The summed E-state index contributed by atoms with van der Waals surface area (Å²) in [7, 11) is -2.59. The minimum Gasteiger partial charge on any atom is -0.497 e. The molecule has 0 spiro atoms. The topological polar surface area (TPSA) is 96.0 Å². The van der Waals surface area contributed by atoms with E-state index in [1.807, 2.05) is 0 Å². The highest BCUT2D eigenvalue weighted by Crippen LogP contribution is 2.30. The van der Waals surface area contributed by atoms with Gasteiger partial charge in [-0.2, -0.15) is 0 Å². The number of sulfonamides is 1. The number of hydrogen-bond acceptors (Lipinski definition) is 5. The predicted octanol–water partition coefficient (Wildman–Crippen LogP) is 4.41. The molecule has 0 fully saturated rings. The highest BCUT2D eigenvalue weighted by Gasteiger charge is 2.33. The van der Waals surface area contributed by atoms with Gasteiger partial charge in [-0.1, -0.05) is 48.0 Å². The Morgan fingerprint density at radius 2 is 1.68 bits per heavy atom. The zero-order valence-corrected chi connectivity index (χ0v) is 23.4. The highest BCUT2D eigenvalue weighted by atomic mass is 35.5. The lowest BCUT2D eigenvalue weighted by Gasteiger charge is -2.32. The van der Waals surface area contributed by atoms with Gasteiger partial charge in [0.25, 0.3) is 10.0 Å². The van der Waals surface area contributed by atoms with Gasteiger partial charge in [-0.05, 0) is 68.3 Å². The van der Waals surface area contributed by atoms with Crippen molar-refractivity contribution in [2.75, 3.05) is 24.5 Å². The number of aryl methyl sites for hydroxylation is 1. The number of carbonyl (C=O) groups is 2. The van der Waals surface area contributed by atoms with E-state index in [-0.39, 0.29) is 23.0 Å².